The first-order valence-corrected chi connectivity index (χ1v) is 11.7. The molecule has 7 nitrogen and oxygen atoms in total. The summed E-state index contributed by atoms with van der Waals surface area (Å²) in [7, 11) is -3.08. The second kappa shape index (κ2) is 6.09. The van der Waals surface area contributed by atoms with Gasteiger partial charge in [0.2, 0.25) is 5.89 Å². The Bertz CT molecular complexity index is 1220. The van der Waals surface area contributed by atoms with Gasteiger partial charge in [-0.2, -0.15) is 0 Å². The number of hydrogen-bond acceptors (Lipinski definition) is 6. The normalized spacial score (nSPS) is 25.4. The van der Waals surface area contributed by atoms with Gasteiger partial charge in [0.05, 0.1) is 11.2 Å². The summed E-state index contributed by atoms with van der Waals surface area (Å²) in [6, 6.07) is 8.60. The number of fused-ring (bicyclic) bond motifs is 1. The van der Waals surface area contributed by atoms with Gasteiger partial charge in [-0.15, -0.1) is 0 Å². The topological polar surface area (TPSA) is 102 Å². The number of hydrogen-bond donors (Lipinski definition) is 1. The van der Waals surface area contributed by atoms with E-state index in [-0.39, 0.29) is 34.8 Å². The van der Waals surface area contributed by atoms with E-state index in [0.29, 0.717) is 22.3 Å². The smallest absolute Gasteiger partial charge is 0.287 e. The molecule has 0 radical (unpaired) electrons. The molecule has 152 valence electrons. The number of nitrogens with zero attached hydrogens (tertiary/aromatic N) is 1. The molecule has 6 rings (SSSR count). The standard InChI is InChI=1S/C20H19ClN2O5S/c1-29(25,26)7-6-13-3-5-16(27-13)17(24)23-20-9-19(10-20,11-20)18-22-14-8-12(21)2-4-15(14)28-18/h2-5,8H,6-7,9-11H2,1H3,(H,23,24). The number of aryl methyl sites for hydroxylation is 1. The molecule has 2 aromatic heterocycles. The van der Waals surface area contributed by atoms with Gasteiger partial charge in [-0.05, 0) is 49.6 Å². The van der Waals surface area contributed by atoms with Crippen LogP contribution in [0.1, 0.15) is 41.5 Å². The fraction of sp³-hybridized carbons (Fsp3) is 0.400. The van der Waals surface area contributed by atoms with Gasteiger partial charge in [0.15, 0.2) is 11.3 Å². The largest absolute Gasteiger partial charge is 0.456 e. The molecule has 3 fully saturated rings. The summed E-state index contributed by atoms with van der Waals surface area (Å²) in [6.45, 7) is 0. The van der Waals surface area contributed by atoms with Gasteiger partial charge in [0.1, 0.15) is 21.1 Å². The fourth-order valence-electron chi connectivity index (χ4n) is 4.50. The van der Waals surface area contributed by atoms with Crippen LogP contribution in [-0.4, -0.2) is 36.9 Å². The molecule has 0 saturated heterocycles. The lowest BCUT2D eigenvalue weighted by Gasteiger charge is -2.68. The van der Waals surface area contributed by atoms with Crippen LogP contribution in [0.25, 0.3) is 11.1 Å². The van der Waals surface area contributed by atoms with Crippen molar-refractivity contribution in [1.29, 1.82) is 0 Å². The number of nitrogens with one attached hydrogen (secondary N) is 1. The predicted octanol–water partition coefficient (Wildman–Crippen LogP) is 3.27. The molecule has 1 amide bonds. The summed E-state index contributed by atoms with van der Waals surface area (Å²) in [5.74, 6) is 1.09. The molecule has 3 aliphatic carbocycles. The van der Waals surface area contributed by atoms with Crippen molar-refractivity contribution in [3.05, 3.63) is 52.8 Å². The van der Waals surface area contributed by atoms with Crippen LogP contribution in [0.3, 0.4) is 0 Å². The highest BCUT2D eigenvalue weighted by Crippen LogP contribution is 2.67. The first-order chi connectivity index (χ1) is 13.7. The Labute approximate surface area is 172 Å². The number of oxazole rings is 1. The number of sulfone groups is 1. The second-order valence-corrected chi connectivity index (χ2v) is 11.0. The molecule has 3 aromatic rings. The van der Waals surface area contributed by atoms with Gasteiger partial charge < -0.3 is 14.2 Å². The highest BCUT2D eigenvalue weighted by Gasteiger charge is 2.71. The molecule has 0 unspecified atom stereocenters. The highest BCUT2D eigenvalue weighted by atomic mass is 35.5. The van der Waals surface area contributed by atoms with E-state index in [1.807, 2.05) is 6.07 Å². The Morgan fingerprint density at radius 1 is 1.21 bits per heavy atom. The molecule has 3 aliphatic rings. The van der Waals surface area contributed by atoms with Crippen LogP contribution >= 0.6 is 11.6 Å². The van der Waals surface area contributed by atoms with E-state index in [4.69, 9.17) is 20.4 Å². The van der Waals surface area contributed by atoms with Crippen molar-refractivity contribution in [1.82, 2.24) is 10.3 Å². The molecule has 0 aliphatic heterocycles. The monoisotopic (exact) mass is 434 g/mol. The zero-order valence-electron chi connectivity index (χ0n) is 15.7. The van der Waals surface area contributed by atoms with Gasteiger partial charge in [0.25, 0.3) is 5.91 Å². The maximum Gasteiger partial charge on any atom is 0.287 e. The molecule has 29 heavy (non-hydrogen) atoms. The summed E-state index contributed by atoms with van der Waals surface area (Å²) in [6.07, 6.45) is 3.74. The van der Waals surface area contributed by atoms with Crippen LogP contribution in [-0.2, 0) is 21.7 Å². The number of rotatable bonds is 6. The minimum absolute atomic E-state index is 0.0102. The van der Waals surface area contributed by atoms with Crippen LogP contribution in [0.2, 0.25) is 5.02 Å². The molecular weight excluding hydrogens is 416 g/mol. The maximum absolute atomic E-state index is 12.5. The first kappa shape index (κ1) is 18.7. The Hall–Kier alpha value is -2.32. The highest BCUT2D eigenvalue weighted by molar-refractivity contribution is 7.90. The Morgan fingerprint density at radius 2 is 1.97 bits per heavy atom. The number of furan rings is 1. The molecular formula is C20H19ClN2O5S. The van der Waals surface area contributed by atoms with Crippen LogP contribution in [0.5, 0.6) is 0 Å². The minimum Gasteiger partial charge on any atom is -0.456 e. The summed E-state index contributed by atoms with van der Waals surface area (Å²) in [5.41, 5.74) is 1.08. The molecule has 1 aromatic carbocycles. The number of carbonyl (C=O) groups is 1. The Balaban J connectivity index is 1.22. The van der Waals surface area contributed by atoms with Crippen LogP contribution < -0.4 is 5.32 Å². The average molecular weight is 435 g/mol. The van der Waals surface area contributed by atoms with E-state index in [9.17, 15) is 13.2 Å². The SMILES string of the molecule is CS(=O)(=O)CCc1ccc(C(=O)NC23CC(c4nc5cc(Cl)ccc5o4)(C2)C3)o1. The van der Waals surface area contributed by atoms with Crippen LogP contribution in [0.4, 0.5) is 0 Å². The molecule has 1 N–H and O–H groups in total. The first-order valence-electron chi connectivity index (χ1n) is 9.31. The molecule has 3 saturated carbocycles. The molecule has 0 spiro atoms. The molecule has 9 heteroatoms. The lowest BCUT2D eigenvalue weighted by Crippen LogP contribution is -2.76. The van der Waals surface area contributed by atoms with Gasteiger partial charge in [-0.3, -0.25) is 4.79 Å². The summed E-state index contributed by atoms with van der Waals surface area (Å²) in [4.78, 5) is 17.1. The number of carbonyl (C=O) groups excluding carboxylic acids is 1. The predicted molar refractivity (Wildman–Crippen MR) is 107 cm³/mol. The van der Waals surface area contributed by atoms with Crippen LogP contribution in [0.15, 0.2) is 39.2 Å². The zero-order chi connectivity index (χ0) is 20.4. The van der Waals surface area contributed by atoms with E-state index in [2.05, 4.69) is 10.3 Å². The Kier molecular flexibility index (Phi) is 3.93. The van der Waals surface area contributed by atoms with Crippen molar-refractivity contribution < 1.29 is 22.0 Å². The summed E-state index contributed by atoms with van der Waals surface area (Å²) < 4.78 is 34.0. The lowest BCUT2D eigenvalue weighted by molar-refractivity contribution is -0.0958. The van der Waals surface area contributed by atoms with E-state index < -0.39 is 9.84 Å². The third-order valence-electron chi connectivity index (χ3n) is 5.82. The van der Waals surface area contributed by atoms with Crippen LogP contribution in [0, 0.1) is 0 Å². The summed E-state index contributed by atoms with van der Waals surface area (Å²) in [5, 5.41) is 3.68. The zero-order valence-corrected chi connectivity index (χ0v) is 17.3. The van der Waals surface area contributed by atoms with Crippen molar-refractivity contribution in [3.8, 4) is 0 Å². The van der Waals surface area contributed by atoms with Crippen molar-refractivity contribution in [3.63, 3.8) is 0 Å². The van der Waals surface area contributed by atoms with Gasteiger partial charge >= 0.3 is 0 Å². The van der Waals surface area contributed by atoms with Gasteiger partial charge in [-0.1, -0.05) is 11.6 Å². The van der Waals surface area contributed by atoms with Crippen molar-refractivity contribution in [2.75, 3.05) is 12.0 Å². The van der Waals surface area contributed by atoms with Gasteiger partial charge in [-0.25, -0.2) is 13.4 Å². The summed E-state index contributed by atoms with van der Waals surface area (Å²) >= 11 is 6.01. The fourth-order valence-corrected chi connectivity index (χ4v) is 5.24. The number of amides is 1. The van der Waals surface area contributed by atoms with Gasteiger partial charge in [0, 0.05) is 23.2 Å². The Morgan fingerprint density at radius 3 is 2.69 bits per heavy atom. The van der Waals surface area contributed by atoms with E-state index >= 15 is 0 Å². The minimum atomic E-state index is -3.08. The molecule has 0 atom stereocenters. The third-order valence-corrected chi connectivity index (χ3v) is 7.00. The maximum atomic E-state index is 12.5. The van der Waals surface area contributed by atoms with E-state index in [0.717, 1.165) is 24.8 Å². The van der Waals surface area contributed by atoms with E-state index in [1.54, 1.807) is 24.3 Å². The lowest BCUT2D eigenvalue weighted by atomic mass is 9.39. The van der Waals surface area contributed by atoms with Crippen molar-refractivity contribution >= 4 is 38.4 Å². The third kappa shape index (κ3) is 3.24. The quantitative estimate of drug-likeness (QED) is 0.638. The number of halogens is 1. The molecule has 2 heterocycles. The number of aromatic nitrogens is 1. The molecule has 2 bridgehead atoms. The van der Waals surface area contributed by atoms with Crippen molar-refractivity contribution in [2.45, 2.75) is 36.6 Å². The number of benzene rings is 1. The van der Waals surface area contributed by atoms with Crippen molar-refractivity contribution in [2.24, 2.45) is 0 Å². The van der Waals surface area contributed by atoms with E-state index in [1.165, 1.54) is 6.26 Å². The average Bonchev–Trinajstić information content (AvgIpc) is 3.20. The second-order valence-electron chi connectivity index (χ2n) is 8.32.